The van der Waals surface area contributed by atoms with Gasteiger partial charge in [0.25, 0.3) is 0 Å². The number of hydrogen-bond acceptors (Lipinski definition) is 4. The topological polar surface area (TPSA) is 48.5 Å². The van der Waals surface area contributed by atoms with E-state index in [4.69, 9.17) is 0 Å². The molecular weight excluding hydrogens is 367 g/mol. The number of piperazine rings is 1. The zero-order chi connectivity index (χ0) is 22.0. The SMILES string of the molecule is C=C/C=C(\C(=C)Nc1ccc(C(C)(F)CC)nc1)N1CCN(C(C)=O)CC1.CC.[HH]. The monoisotopic (exact) mass is 404 g/mol. The number of rotatable bonds is 7. The number of amides is 1. The fourth-order valence-corrected chi connectivity index (χ4v) is 2.97. The molecular formula is C23H37FN4O. The molecule has 0 bridgehead atoms. The average molecular weight is 405 g/mol. The molecule has 2 rings (SSSR count). The number of aromatic nitrogens is 1. The van der Waals surface area contributed by atoms with Crippen LogP contribution in [0.2, 0.25) is 0 Å². The molecule has 1 aromatic heterocycles. The molecule has 1 aromatic rings. The molecule has 1 aliphatic heterocycles. The molecule has 1 amide bonds. The van der Waals surface area contributed by atoms with Crippen LogP contribution < -0.4 is 5.32 Å². The predicted molar refractivity (Wildman–Crippen MR) is 121 cm³/mol. The summed E-state index contributed by atoms with van der Waals surface area (Å²) in [5, 5.41) is 3.24. The van der Waals surface area contributed by atoms with Crippen molar-refractivity contribution in [2.75, 3.05) is 31.5 Å². The van der Waals surface area contributed by atoms with Crippen LogP contribution in [-0.2, 0) is 10.5 Å². The van der Waals surface area contributed by atoms with Crippen LogP contribution >= 0.6 is 0 Å². The maximum atomic E-state index is 14.4. The minimum Gasteiger partial charge on any atom is -0.366 e. The van der Waals surface area contributed by atoms with Crippen molar-refractivity contribution in [1.82, 2.24) is 14.8 Å². The third kappa shape index (κ3) is 6.73. The van der Waals surface area contributed by atoms with Crippen LogP contribution in [0.4, 0.5) is 10.1 Å². The standard InChI is InChI=1S/C21H29FN4O.C2H6.H2/c1-6-8-19(26-13-11-25(12-14-26)17(4)27)16(3)24-18-9-10-20(23-15-18)21(5,22)7-2;1-2;/h6,8-10,15,24H,1,3,7,11-14H2,2,4-5H3;1-2H3;1H/b19-8+;;. The molecule has 0 spiro atoms. The fraction of sp³-hybridized carbons (Fsp3) is 0.478. The summed E-state index contributed by atoms with van der Waals surface area (Å²) in [6, 6.07) is 3.50. The molecule has 162 valence electrons. The van der Waals surface area contributed by atoms with Crippen molar-refractivity contribution in [3.8, 4) is 0 Å². The third-order valence-electron chi connectivity index (χ3n) is 4.91. The van der Waals surface area contributed by atoms with Gasteiger partial charge in [-0.05, 0) is 31.6 Å². The zero-order valence-corrected chi connectivity index (χ0v) is 18.5. The summed E-state index contributed by atoms with van der Waals surface area (Å²) < 4.78 is 14.4. The van der Waals surface area contributed by atoms with Crippen LogP contribution in [0.25, 0.3) is 0 Å². The van der Waals surface area contributed by atoms with Gasteiger partial charge in [-0.2, -0.15) is 0 Å². The molecule has 29 heavy (non-hydrogen) atoms. The van der Waals surface area contributed by atoms with Gasteiger partial charge in [-0.15, -0.1) is 0 Å². The Morgan fingerprint density at radius 1 is 1.31 bits per heavy atom. The van der Waals surface area contributed by atoms with Gasteiger partial charge < -0.3 is 15.1 Å². The van der Waals surface area contributed by atoms with Gasteiger partial charge in [0.2, 0.25) is 5.91 Å². The molecule has 1 unspecified atom stereocenters. The molecule has 1 fully saturated rings. The number of anilines is 1. The Balaban J connectivity index is 0.00000272. The Morgan fingerprint density at radius 2 is 1.90 bits per heavy atom. The van der Waals surface area contributed by atoms with E-state index in [-0.39, 0.29) is 7.33 Å². The Morgan fingerprint density at radius 3 is 2.34 bits per heavy atom. The Bertz CT molecular complexity index is 723. The molecule has 6 heteroatoms. The van der Waals surface area contributed by atoms with Crippen molar-refractivity contribution in [2.45, 2.75) is 46.7 Å². The molecule has 0 radical (unpaired) electrons. The summed E-state index contributed by atoms with van der Waals surface area (Å²) >= 11 is 0. The van der Waals surface area contributed by atoms with Crippen molar-refractivity contribution in [1.29, 1.82) is 0 Å². The summed E-state index contributed by atoms with van der Waals surface area (Å²) in [6.45, 7) is 19.7. The van der Waals surface area contributed by atoms with Gasteiger partial charge in [0, 0.05) is 34.5 Å². The summed E-state index contributed by atoms with van der Waals surface area (Å²) in [5.74, 6) is 0.0963. The summed E-state index contributed by atoms with van der Waals surface area (Å²) in [5.41, 5.74) is 1.36. The molecule has 1 saturated heterocycles. The van der Waals surface area contributed by atoms with Gasteiger partial charge in [-0.3, -0.25) is 9.78 Å². The lowest BCUT2D eigenvalue weighted by atomic mass is 10.0. The van der Waals surface area contributed by atoms with Crippen LogP contribution in [0.5, 0.6) is 0 Å². The molecule has 1 N–H and O–H groups in total. The second-order valence-electron chi connectivity index (χ2n) is 6.87. The minimum atomic E-state index is -1.43. The van der Waals surface area contributed by atoms with Gasteiger partial charge in [-0.1, -0.05) is 40.0 Å². The van der Waals surface area contributed by atoms with Crippen molar-refractivity contribution in [2.24, 2.45) is 0 Å². The number of nitrogens with one attached hydrogen (secondary N) is 1. The van der Waals surface area contributed by atoms with Gasteiger partial charge in [-0.25, -0.2) is 4.39 Å². The molecule has 2 heterocycles. The molecule has 1 atom stereocenters. The first-order valence-electron chi connectivity index (χ1n) is 10.2. The van der Waals surface area contributed by atoms with E-state index < -0.39 is 5.67 Å². The maximum Gasteiger partial charge on any atom is 0.219 e. The van der Waals surface area contributed by atoms with E-state index >= 15 is 0 Å². The van der Waals surface area contributed by atoms with Crippen molar-refractivity contribution in [3.63, 3.8) is 0 Å². The molecule has 0 saturated carbocycles. The van der Waals surface area contributed by atoms with E-state index in [1.807, 2.05) is 24.8 Å². The predicted octanol–water partition coefficient (Wildman–Crippen LogP) is 5.11. The number of hydrogen-bond donors (Lipinski definition) is 1. The van der Waals surface area contributed by atoms with Gasteiger partial charge in [0.1, 0.15) is 5.67 Å². The number of halogens is 1. The lowest BCUT2D eigenvalue weighted by Gasteiger charge is -2.37. The largest absolute Gasteiger partial charge is 0.366 e. The highest BCUT2D eigenvalue weighted by molar-refractivity contribution is 5.73. The lowest BCUT2D eigenvalue weighted by Crippen LogP contribution is -2.47. The van der Waals surface area contributed by atoms with E-state index in [1.165, 1.54) is 6.92 Å². The number of alkyl halides is 1. The first-order chi connectivity index (χ1) is 13.8. The van der Waals surface area contributed by atoms with Crippen LogP contribution in [0, 0.1) is 0 Å². The minimum absolute atomic E-state index is 0. The second-order valence-corrected chi connectivity index (χ2v) is 6.87. The third-order valence-corrected chi connectivity index (χ3v) is 4.91. The molecule has 5 nitrogen and oxygen atoms in total. The van der Waals surface area contributed by atoms with Crippen molar-refractivity contribution >= 4 is 11.6 Å². The van der Waals surface area contributed by atoms with Crippen LogP contribution in [0.3, 0.4) is 0 Å². The van der Waals surface area contributed by atoms with Crippen molar-refractivity contribution < 1.29 is 10.6 Å². The number of carbonyl (C=O) groups is 1. The quantitative estimate of drug-likeness (QED) is 0.642. The van der Waals surface area contributed by atoms with E-state index in [0.29, 0.717) is 30.9 Å². The fourth-order valence-electron chi connectivity index (χ4n) is 2.97. The summed E-state index contributed by atoms with van der Waals surface area (Å²) in [6.07, 6.45) is 5.61. The van der Waals surface area contributed by atoms with Gasteiger partial charge in [0.05, 0.1) is 29.0 Å². The first kappa shape index (κ1) is 24.4. The lowest BCUT2D eigenvalue weighted by molar-refractivity contribution is -0.130. The molecule has 0 aromatic carbocycles. The Labute approximate surface area is 176 Å². The van der Waals surface area contributed by atoms with Gasteiger partial charge in [0.15, 0.2) is 0 Å². The van der Waals surface area contributed by atoms with E-state index in [1.54, 1.807) is 38.3 Å². The van der Waals surface area contributed by atoms with Crippen LogP contribution in [0.15, 0.2) is 55.0 Å². The summed E-state index contributed by atoms with van der Waals surface area (Å²) in [4.78, 5) is 19.8. The highest BCUT2D eigenvalue weighted by Gasteiger charge is 2.25. The molecule has 0 aliphatic carbocycles. The van der Waals surface area contributed by atoms with Crippen molar-refractivity contribution in [3.05, 3.63) is 60.7 Å². The number of carbonyl (C=O) groups excluding carboxylic acids is 1. The van der Waals surface area contributed by atoms with E-state index in [0.717, 1.165) is 24.5 Å². The van der Waals surface area contributed by atoms with E-state index in [2.05, 4.69) is 28.4 Å². The molecule has 1 aliphatic rings. The number of allylic oxidation sites excluding steroid dienone is 2. The van der Waals surface area contributed by atoms with E-state index in [9.17, 15) is 9.18 Å². The highest BCUT2D eigenvalue weighted by Crippen LogP contribution is 2.28. The Kier molecular flexibility index (Phi) is 9.59. The smallest absolute Gasteiger partial charge is 0.219 e. The highest BCUT2D eigenvalue weighted by atomic mass is 19.1. The Hall–Kier alpha value is -2.63. The average Bonchev–Trinajstić information content (AvgIpc) is 2.74. The van der Waals surface area contributed by atoms with Crippen LogP contribution in [0.1, 0.15) is 48.2 Å². The first-order valence-corrected chi connectivity index (χ1v) is 10.2. The normalized spacial score (nSPS) is 16.3. The number of nitrogens with zero attached hydrogens (tertiary/aromatic N) is 3. The van der Waals surface area contributed by atoms with Gasteiger partial charge >= 0.3 is 0 Å². The zero-order valence-electron chi connectivity index (χ0n) is 18.5. The maximum absolute atomic E-state index is 14.4. The number of pyridine rings is 1. The summed E-state index contributed by atoms with van der Waals surface area (Å²) in [7, 11) is 0. The van der Waals surface area contributed by atoms with Crippen LogP contribution in [-0.4, -0.2) is 46.9 Å². The second kappa shape index (κ2) is 11.4.